The van der Waals surface area contributed by atoms with Crippen LogP contribution in [0.15, 0.2) is 24.4 Å². The normalized spacial score (nSPS) is 28.7. The number of allylic oxidation sites excluding steroid dienone is 2. The van der Waals surface area contributed by atoms with E-state index in [2.05, 4.69) is 16.4 Å². The van der Waals surface area contributed by atoms with Crippen LogP contribution in [0.5, 0.6) is 0 Å². The molecule has 0 amide bonds. The number of aromatic nitrogens is 1. The van der Waals surface area contributed by atoms with Gasteiger partial charge in [-0.25, -0.2) is 4.98 Å². The molecule has 1 aromatic heterocycles. The zero-order chi connectivity index (χ0) is 11.0. The van der Waals surface area contributed by atoms with E-state index in [9.17, 15) is 4.39 Å². The third kappa shape index (κ3) is 1.76. The first-order valence-electron chi connectivity index (χ1n) is 5.84. The topological polar surface area (TPSA) is 24.9 Å². The van der Waals surface area contributed by atoms with E-state index in [4.69, 9.17) is 0 Å². The Kier molecular flexibility index (Phi) is 2.48. The van der Waals surface area contributed by atoms with E-state index < -0.39 is 5.95 Å². The lowest BCUT2D eigenvalue weighted by molar-refractivity contribution is 0.417. The van der Waals surface area contributed by atoms with Crippen LogP contribution in [0.1, 0.15) is 18.4 Å². The molecule has 16 heavy (non-hydrogen) atoms. The SMILES string of the molecule is Fc1ccc(C2=CC[C@@H]3CNC[C@@H]3C2)cn1. The van der Waals surface area contributed by atoms with E-state index in [1.165, 1.54) is 11.6 Å². The Morgan fingerprint density at radius 2 is 2.12 bits per heavy atom. The average molecular weight is 218 g/mol. The maximum atomic E-state index is 12.7. The summed E-state index contributed by atoms with van der Waals surface area (Å²) in [6.45, 7) is 2.27. The molecule has 84 valence electrons. The number of hydrogen-bond donors (Lipinski definition) is 1. The average Bonchev–Trinajstić information content (AvgIpc) is 2.77. The summed E-state index contributed by atoms with van der Waals surface area (Å²) >= 11 is 0. The molecule has 2 aliphatic rings. The van der Waals surface area contributed by atoms with Gasteiger partial charge in [-0.15, -0.1) is 0 Å². The summed E-state index contributed by atoms with van der Waals surface area (Å²) in [6, 6.07) is 3.27. The highest BCUT2D eigenvalue weighted by molar-refractivity contribution is 5.65. The van der Waals surface area contributed by atoms with Gasteiger partial charge in [0.05, 0.1) is 0 Å². The standard InChI is InChI=1S/C13H15FN2/c14-13-4-3-11(8-16-13)9-1-2-10-6-15-7-12(10)5-9/h1,3-4,8,10,12,15H,2,5-7H2/t10-,12+/m1/s1. The van der Waals surface area contributed by atoms with Crippen LogP contribution in [0.3, 0.4) is 0 Å². The Labute approximate surface area is 94.6 Å². The van der Waals surface area contributed by atoms with Gasteiger partial charge in [-0.1, -0.05) is 6.08 Å². The highest BCUT2D eigenvalue weighted by Gasteiger charge is 2.30. The molecule has 3 rings (SSSR count). The first-order valence-corrected chi connectivity index (χ1v) is 5.84. The van der Waals surface area contributed by atoms with Crippen molar-refractivity contribution in [3.8, 4) is 0 Å². The predicted molar refractivity (Wildman–Crippen MR) is 61.3 cm³/mol. The lowest BCUT2D eigenvalue weighted by Gasteiger charge is -2.24. The van der Waals surface area contributed by atoms with Crippen LogP contribution in [0.4, 0.5) is 4.39 Å². The third-order valence-electron chi connectivity index (χ3n) is 3.73. The molecule has 0 saturated carbocycles. The summed E-state index contributed by atoms with van der Waals surface area (Å²) in [7, 11) is 0. The molecule has 1 saturated heterocycles. The lowest BCUT2D eigenvalue weighted by Crippen LogP contribution is -2.16. The number of hydrogen-bond acceptors (Lipinski definition) is 2. The van der Waals surface area contributed by atoms with Crippen LogP contribution in [0, 0.1) is 17.8 Å². The van der Waals surface area contributed by atoms with Crippen LogP contribution in [-0.4, -0.2) is 18.1 Å². The molecular weight excluding hydrogens is 203 g/mol. The second kappa shape index (κ2) is 3.98. The molecule has 1 aliphatic carbocycles. The highest BCUT2D eigenvalue weighted by Crippen LogP contribution is 2.36. The summed E-state index contributed by atoms with van der Waals surface area (Å²) in [5, 5.41) is 3.44. The van der Waals surface area contributed by atoms with Gasteiger partial charge in [-0.05, 0) is 61.0 Å². The summed E-state index contributed by atoms with van der Waals surface area (Å²) in [5.74, 6) is 1.16. The molecule has 2 nitrogen and oxygen atoms in total. The molecule has 1 fully saturated rings. The van der Waals surface area contributed by atoms with Crippen molar-refractivity contribution in [2.24, 2.45) is 11.8 Å². The van der Waals surface area contributed by atoms with E-state index in [0.29, 0.717) is 0 Å². The highest BCUT2D eigenvalue weighted by atomic mass is 19.1. The molecule has 0 bridgehead atoms. The Morgan fingerprint density at radius 1 is 1.25 bits per heavy atom. The van der Waals surface area contributed by atoms with Gasteiger partial charge < -0.3 is 5.32 Å². The fourth-order valence-electron chi connectivity index (χ4n) is 2.76. The minimum atomic E-state index is -0.402. The van der Waals surface area contributed by atoms with Crippen LogP contribution < -0.4 is 5.32 Å². The number of rotatable bonds is 1. The molecule has 1 aromatic rings. The number of halogens is 1. The fraction of sp³-hybridized carbons (Fsp3) is 0.462. The van der Waals surface area contributed by atoms with Crippen molar-refractivity contribution in [3.63, 3.8) is 0 Å². The smallest absolute Gasteiger partial charge is 0.212 e. The van der Waals surface area contributed by atoms with Gasteiger partial charge >= 0.3 is 0 Å². The molecule has 0 radical (unpaired) electrons. The Bertz CT molecular complexity index is 410. The Hall–Kier alpha value is -1.22. The maximum Gasteiger partial charge on any atom is 0.212 e. The van der Waals surface area contributed by atoms with Gasteiger partial charge in [-0.2, -0.15) is 4.39 Å². The molecule has 1 N–H and O–H groups in total. The van der Waals surface area contributed by atoms with Crippen LogP contribution >= 0.6 is 0 Å². The van der Waals surface area contributed by atoms with Gasteiger partial charge in [0.15, 0.2) is 0 Å². The van der Waals surface area contributed by atoms with E-state index in [1.54, 1.807) is 6.20 Å². The Morgan fingerprint density at radius 3 is 2.94 bits per heavy atom. The van der Waals surface area contributed by atoms with Crippen molar-refractivity contribution < 1.29 is 4.39 Å². The van der Waals surface area contributed by atoms with Crippen LogP contribution in [-0.2, 0) is 0 Å². The predicted octanol–water partition coefficient (Wildman–Crippen LogP) is 2.23. The van der Waals surface area contributed by atoms with Crippen molar-refractivity contribution in [1.29, 1.82) is 0 Å². The third-order valence-corrected chi connectivity index (χ3v) is 3.73. The monoisotopic (exact) mass is 218 g/mol. The van der Waals surface area contributed by atoms with Gasteiger partial charge in [0.1, 0.15) is 0 Å². The fourth-order valence-corrected chi connectivity index (χ4v) is 2.76. The second-order valence-electron chi connectivity index (χ2n) is 4.72. The molecule has 0 unspecified atom stereocenters. The van der Waals surface area contributed by atoms with Gasteiger partial charge in [0, 0.05) is 6.20 Å². The van der Waals surface area contributed by atoms with Crippen LogP contribution in [0.2, 0.25) is 0 Å². The molecule has 2 heterocycles. The van der Waals surface area contributed by atoms with Crippen molar-refractivity contribution in [3.05, 3.63) is 35.9 Å². The maximum absolute atomic E-state index is 12.7. The minimum absolute atomic E-state index is 0.402. The van der Waals surface area contributed by atoms with E-state index >= 15 is 0 Å². The quantitative estimate of drug-likeness (QED) is 0.731. The van der Waals surface area contributed by atoms with E-state index in [1.807, 2.05) is 6.07 Å². The largest absolute Gasteiger partial charge is 0.316 e. The van der Waals surface area contributed by atoms with E-state index in [0.717, 1.165) is 43.3 Å². The molecular formula is C13H15FN2. The zero-order valence-corrected chi connectivity index (χ0v) is 9.12. The molecule has 2 atom stereocenters. The molecule has 0 spiro atoms. The molecule has 0 aromatic carbocycles. The van der Waals surface area contributed by atoms with Crippen molar-refractivity contribution in [2.45, 2.75) is 12.8 Å². The van der Waals surface area contributed by atoms with Gasteiger partial charge in [0.25, 0.3) is 0 Å². The summed E-state index contributed by atoms with van der Waals surface area (Å²) in [4.78, 5) is 3.72. The van der Waals surface area contributed by atoms with E-state index in [-0.39, 0.29) is 0 Å². The van der Waals surface area contributed by atoms with Crippen molar-refractivity contribution >= 4 is 5.57 Å². The van der Waals surface area contributed by atoms with Crippen molar-refractivity contribution in [2.75, 3.05) is 13.1 Å². The van der Waals surface area contributed by atoms with Gasteiger partial charge in [-0.3, -0.25) is 0 Å². The minimum Gasteiger partial charge on any atom is -0.316 e. The first kappa shape index (κ1) is 9.97. The van der Waals surface area contributed by atoms with Crippen molar-refractivity contribution in [1.82, 2.24) is 10.3 Å². The van der Waals surface area contributed by atoms with Crippen LogP contribution in [0.25, 0.3) is 5.57 Å². The molecule has 1 aliphatic heterocycles. The first-order chi connectivity index (χ1) is 7.83. The summed E-state index contributed by atoms with van der Waals surface area (Å²) in [5.41, 5.74) is 2.41. The lowest BCUT2D eigenvalue weighted by atomic mass is 9.80. The number of nitrogens with zero attached hydrogens (tertiary/aromatic N) is 1. The zero-order valence-electron chi connectivity index (χ0n) is 9.12. The second-order valence-corrected chi connectivity index (χ2v) is 4.72. The molecule has 3 heteroatoms. The number of pyridine rings is 1. The number of nitrogens with one attached hydrogen (secondary N) is 1. The summed E-state index contributed by atoms with van der Waals surface area (Å²) in [6.07, 6.45) is 6.18. The number of fused-ring (bicyclic) bond motifs is 1. The van der Waals surface area contributed by atoms with Gasteiger partial charge in [0.2, 0.25) is 5.95 Å². The summed E-state index contributed by atoms with van der Waals surface area (Å²) < 4.78 is 12.7. The Balaban J connectivity index is 1.83.